The second kappa shape index (κ2) is 7.59. The van der Waals surface area contributed by atoms with E-state index in [2.05, 4.69) is 0 Å². The van der Waals surface area contributed by atoms with E-state index in [1.807, 2.05) is 13.8 Å². The van der Waals surface area contributed by atoms with E-state index < -0.39 is 11.7 Å². The van der Waals surface area contributed by atoms with Crippen molar-refractivity contribution in [3.8, 4) is 5.75 Å². The Kier molecular flexibility index (Phi) is 5.53. The van der Waals surface area contributed by atoms with E-state index in [1.165, 1.54) is 23.5 Å². The highest BCUT2D eigenvalue weighted by Crippen LogP contribution is 2.40. The Bertz CT molecular complexity index is 1030. The van der Waals surface area contributed by atoms with Gasteiger partial charge in [-0.1, -0.05) is 19.9 Å². The number of ketones is 1. The quantitative estimate of drug-likeness (QED) is 0.469. The maximum atomic E-state index is 13.0. The minimum absolute atomic E-state index is 0.0498. The van der Waals surface area contributed by atoms with Gasteiger partial charge < -0.3 is 5.11 Å². The highest BCUT2D eigenvalue weighted by molar-refractivity contribution is 7.19. The van der Waals surface area contributed by atoms with E-state index in [0.29, 0.717) is 22.2 Å². The smallest absolute Gasteiger partial charge is 0.416 e. The number of rotatable bonds is 5. The van der Waals surface area contributed by atoms with Gasteiger partial charge in [0.1, 0.15) is 5.75 Å². The van der Waals surface area contributed by atoms with Gasteiger partial charge >= 0.3 is 6.18 Å². The van der Waals surface area contributed by atoms with Crippen molar-refractivity contribution in [3.05, 3.63) is 63.5 Å². The van der Waals surface area contributed by atoms with Crippen LogP contribution in [0.25, 0.3) is 10.1 Å². The number of thiophene rings is 1. The molecular formula is C22H21F3O2S. The summed E-state index contributed by atoms with van der Waals surface area (Å²) < 4.78 is 39.7. The lowest BCUT2D eigenvalue weighted by molar-refractivity contribution is -0.137. The molecule has 0 unspecified atom stereocenters. The van der Waals surface area contributed by atoms with E-state index in [-0.39, 0.29) is 23.9 Å². The maximum absolute atomic E-state index is 13.0. The van der Waals surface area contributed by atoms with Gasteiger partial charge in [-0.25, -0.2) is 0 Å². The predicted molar refractivity (Wildman–Crippen MR) is 106 cm³/mol. The maximum Gasteiger partial charge on any atom is 0.416 e. The molecule has 0 atom stereocenters. The van der Waals surface area contributed by atoms with Gasteiger partial charge in [-0.05, 0) is 66.1 Å². The SMILES string of the molecule is Cc1cc(C(=O)CCc2sc3cc(C(F)(F)F)ccc3c2C(C)C)ccc1O. The summed E-state index contributed by atoms with van der Waals surface area (Å²) in [5.41, 5.74) is 1.53. The van der Waals surface area contributed by atoms with Gasteiger partial charge in [0.15, 0.2) is 5.78 Å². The molecule has 28 heavy (non-hydrogen) atoms. The van der Waals surface area contributed by atoms with Crippen LogP contribution in [0, 0.1) is 6.92 Å². The molecule has 0 aliphatic heterocycles. The number of fused-ring (bicyclic) bond motifs is 1. The molecule has 2 nitrogen and oxygen atoms in total. The van der Waals surface area contributed by atoms with Crippen LogP contribution in [0.2, 0.25) is 0 Å². The molecule has 0 bridgehead atoms. The first kappa shape index (κ1) is 20.4. The fourth-order valence-electron chi connectivity index (χ4n) is 3.36. The number of phenolic OH excluding ortho intramolecular Hbond substituents is 1. The van der Waals surface area contributed by atoms with Crippen LogP contribution in [-0.2, 0) is 12.6 Å². The van der Waals surface area contributed by atoms with Crippen LogP contribution in [-0.4, -0.2) is 10.9 Å². The highest BCUT2D eigenvalue weighted by atomic mass is 32.1. The van der Waals surface area contributed by atoms with E-state index >= 15 is 0 Å². The average molecular weight is 406 g/mol. The summed E-state index contributed by atoms with van der Waals surface area (Å²) in [5.74, 6) is 0.237. The van der Waals surface area contributed by atoms with Gasteiger partial charge in [0.25, 0.3) is 0 Å². The Morgan fingerprint density at radius 3 is 2.46 bits per heavy atom. The van der Waals surface area contributed by atoms with Crippen LogP contribution < -0.4 is 0 Å². The van der Waals surface area contributed by atoms with Crippen molar-refractivity contribution >= 4 is 27.2 Å². The lowest BCUT2D eigenvalue weighted by Crippen LogP contribution is -2.04. The van der Waals surface area contributed by atoms with E-state index in [4.69, 9.17) is 0 Å². The van der Waals surface area contributed by atoms with Crippen LogP contribution >= 0.6 is 11.3 Å². The fourth-order valence-corrected chi connectivity index (χ4v) is 4.76. The third-order valence-electron chi connectivity index (χ3n) is 4.81. The molecular weight excluding hydrogens is 385 g/mol. The molecule has 0 spiro atoms. The molecule has 3 aromatic rings. The van der Waals surface area contributed by atoms with Gasteiger partial charge in [0.05, 0.1) is 5.56 Å². The predicted octanol–water partition coefficient (Wildman–Crippen LogP) is 6.87. The molecule has 0 radical (unpaired) electrons. The highest BCUT2D eigenvalue weighted by Gasteiger charge is 2.31. The summed E-state index contributed by atoms with van der Waals surface area (Å²) in [5, 5.41) is 10.4. The summed E-state index contributed by atoms with van der Waals surface area (Å²) in [4.78, 5) is 13.5. The second-order valence-corrected chi connectivity index (χ2v) is 8.36. The van der Waals surface area contributed by atoms with Gasteiger partial charge in [-0.15, -0.1) is 11.3 Å². The summed E-state index contributed by atoms with van der Waals surface area (Å²) in [6.45, 7) is 5.74. The lowest BCUT2D eigenvalue weighted by atomic mass is 9.96. The molecule has 0 saturated heterocycles. The number of halogens is 3. The Hall–Kier alpha value is -2.34. The van der Waals surface area contributed by atoms with Crippen LogP contribution in [0.15, 0.2) is 36.4 Å². The largest absolute Gasteiger partial charge is 0.508 e. The summed E-state index contributed by atoms with van der Waals surface area (Å²) in [6, 6.07) is 8.60. The van der Waals surface area contributed by atoms with Crippen LogP contribution in [0.1, 0.15) is 58.1 Å². The molecule has 1 aromatic heterocycles. The number of alkyl halides is 3. The molecule has 3 rings (SSSR count). The molecule has 0 aliphatic carbocycles. The standard InChI is InChI=1S/C22H21F3O2S/c1-12(2)21-16-6-5-15(22(23,24)25)11-20(16)28-19(21)9-8-18(27)14-4-7-17(26)13(3)10-14/h4-7,10-12,26H,8-9H2,1-3H3. The monoisotopic (exact) mass is 406 g/mol. The zero-order valence-corrected chi connectivity index (χ0v) is 16.7. The van der Waals surface area contributed by atoms with Crippen molar-refractivity contribution in [2.24, 2.45) is 0 Å². The van der Waals surface area contributed by atoms with Gasteiger partial charge in [-0.2, -0.15) is 13.2 Å². The average Bonchev–Trinajstić information content (AvgIpc) is 2.99. The summed E-state index contributed by atoms with van der Waals surface area (Å²) >= 11 is 1.33. The topological polar surface area (TPSA) is 37.3 Å². The van der Waals surface area contributed by atoms with E-state index in [9.17, 15) is 23.1 Å². The van der Waals surface area contributed by atoms with Gasteiger partial charge in [0.2, 0.25) is 0 Å². The number of aromatic hydroxyl groups is 1. The molecule has 1 heterocycles. The summed E-state index contributed by atoms with van der Waals surface area (Å²) in [6.07, 6.45) is -3.63. The van der Waals surface area contributed by atoms with Gasteiger partial charge in [-0.3, -0.25) is 4.79 Å². The van der Waals surface area contributed by atoms with Crippen molar-refractivity contribution in [2.45, 2.75) is 45.7 Å². The number of carbonyl (C=O) groups is 1. The van der Waals surface area contributed by atoms with Crippen molar-refractivity contribution in [3.63, 3.8) is 0 Å². The zero-order valence-electron chi connectivity index (χ0n) is 15.9. The van der Waals surface area contributed by atoms with Crippen LogP contribution in [0.5, 0.6) is 5.75 Å². The molecule has 0 aliphatic rings. The van der Waals surface area contributed by atoms with Gasteiger partial charge in [0, 0.05) is 21.6 Å². The Balaban J connectivity index is 1.90. The Morgan fingerprint density at radius 2 is 1.86 bits per heavy atom. The number of hydrogen-bond donors (Lipinski definition) is 1. The number of phenols is 1. The Morgan fingerprint density at radius 1 is 1.14 bits per heavy atom. The van der Waals surface area contributed by atoms with E-state index in [1.54, 1.807) is 25.1 Å². The molecule has 148 valence electrons. The molecule has 0 saturated carbocycles. The van der Waals surface area contributed by atoms with Crippen molar-refractivity contribution in [1.82, 2.24) is 0 Å². The molecule has 1 N–H and O–H groups in total. The van der Waals surface area contributed by atoms with Crippen LogP contribution in [0.3, 0.4) is 0 Å². The van der Waals surface area contributed by atoms with E-state index in [0.717, 1.165) is 21.9 Å². The number of Topliss-reactive ketones (excluding diaryl/α,β-unsaturated/α-hetero) is 1. The van der Waals surface area contributed by atoms with Crippen LogP contribution in [0.4, 0.5) is 13.2 Å². The molecule has 2 aromatic carbocycles. The minimum Gasteiger partial charge on any atom is -0.508 e. The third kappa shape index (κ3) is 4.07. The number of hydrogen-bond acceptors (Lipinski definition) is 3. The molecule has 6 heteroatoms. The van der Waals surface area contributed by atoms with Crippen molar-refractivity contribution in [2.75, 3.05) is 0 Å². The fraction of sp³-hybridized carbons (Fsp3) is 0.318. The Labute approximate surface area is 165 Å². The minimum atomic E-state index is -4.37. The number of aryl methyl sites for hydroxylation is 2. The van der Waals surface area contributed by atoms with Crippen molar-refractivity contribution < 1.29 is 23.1 Å². The first-order chi connectivity index (χ1) is 13.1. The zero-order chi connectivity index (χ0) is 20.6. The summed E-state index contributed by atoms with van der Waals surface area (Å²) in [7, 11) is 0. The second-order valence-electron chi connectivity index (χ2n) is 7.23. The normalized spacial score (nSPS) is 12.1. The number of benzene rings is 2. The third-order valence-corrected chi connectivity index (χ3v) is 6.04. The first-order valence-electron chi connectivity index (χ1n) is 9.03. The van der Waals surface area contributed by atoms with Crippen molar-refractivity contribution in [1.29, 1.82) is 0 Å². The number of carbonyl (C=O) groups excluding carboxylic acids is 1. The molecule has 0 amide bonds. The first-order valence-corrected chi connectivity index (χ1v) is 9.85. The molecule has 0 fully saturated rings. The lowest BCUT2D eigenvalue weighted by Gasteiger charge is -2.09.